The van der Waals surface area contributed by atoms with Crippen molar-refractivity contribution in [3.8, 4) is 11.8 Å². The topological polar surface area (TPSA) is 67.8 Å². The number of carbonyl (C=O) groups excluding carboxylic acids is 1. The van der Waals surface area contributed by atoms with E-state index in [0.29, 0.717) is 12.5 Å². The highest BCUT2D eigenvalue weighted by molar-refractivity contribution is 5.91. The molecule has 0 spiro atoms. The van der Waals surface area contributed by atoms with Crippen LogP contribution in [0.2, 0.25) is 0 Å². The van der Waals surface area contributed by atoms with Crippen LogP contribution in [-0.2, 0) is 4.79 Å². The second-order valence-electron chi connectivity index (χ2n) is 6.89. The SMILES string of the molecule is CC#CCN(C=O)c1c(N(C)C)nc(N(CC)CCC)nc1N1CCNCC1. The average Bonchev–Trinajstić information content (AvgIpc) is 2.72. The van der Waals surface area contributed by atoms with Crippen LogP contribution in [0.4, 0.5) is 23.3 Å². The summed E-state index contributed by atoms with van der Waals surface area (Å²) in [5.41, 5.74) is 0.723. The molecule has 0 atom stereocenters. The summed E-state index contributed by atoms with van der Waals surface area (Å²) in [5.74, 6) is 8.10. The summed E-state index contributed by atoms with van der Waals surface area (Å²) in [6.45, 7) is 11.5. The first-order chi connectivity index (χ1) is 13.6. The number of aromatic nitrogens is 2. The van der Waals surface area contributed by atoms with Gasteiger partial charge < -0.3 is 20.0 Å². The second kappa shape index (κ2) is 10.7. The molecule has 1 aliphatic rings. The largest absolute Gasteiger partial charge is 0.361 e. The lowest BCUT2D eigenvalue weighted by atomic mass is 10.2. The van der Waals surface area contributed by atoms with E-state index in [0.717, 1.165) is 69.4 Å². The zero-order valence-electron chi connectivity index (χ0n) is 17.8. The third kappa shape index (κ3) is 5.04. The van der Waals surface area contributed by atoms with Crippen molar-refractivity contribution in [1.82, 2.24) is 15.3 Å². The predicted octanol–water partition coefficient (Wildman–Crippen LogP) is 1.17. The Labute approximate surface area is 168 Å². The highest BCUT2D eigenvalue weighted by atomic mass is 16.1. The van der Waals surface area contributed by atoms with Crippen molar-refractivity contribution in [2.45, 2.75) is 27.2 Å². The normalized spacial score (nSPS) is 13.5. The summed E-state index contributed by atoms with van der Waals surface area (Å²) in [6.07, 6.45) is 1.84. The van der Waals surface area contributed by atoms with Crippen molar-refractivity contribution in [1.29, 1.82) is 0 Å². The number of nitrogens with zero attached hydrogens (tertiary/aromatic N) is 6. The van der Waals surface area contributed by atoms with Gasteiger partial charge in [0.2, 0.25) is 12.4 Å². The van der Waals surface area contributed by atoms with E-state index < -0.39 is 0 Å². The number of amides is 1. The molecule has 0 saturated carbocycles. The van der Waals surface area contributed by atoms with Gasteiger partial charge in [-0.2, -0.15) is 9.97 Å². The van der Waals surface area contributed by atoms with Crippen molar-refractivity contribution < 1.29 is 4.79 Å². The van der Waals surface area contributed by atoms with Gasteiger partial charge in [0.15, 0.2) is 11.6 Å². The molecule has 1 amide bonds. The van der Waals surface area contributed by atoms with E-state index in [1.807, 2.05) is 19.0 Å². The first kappa shape index (κ1) is 21.8. The highest BCUT2D eigenvalue weighted by Crippen LogP contribution is 2.37. The molecule has 0 bridgehead atoms. The lowest BCUT2D eigenvalue weighted by molar-refractivity contribution is -0.107. The fraction of sp³-hybridized carbons (Fsp3) is 0.650. The van der Waals surface area contributed by atoms with E-state index in [1.54, 1.807) is 11.8 Å². The van der Waals surface area contributed by atoms with Gasteiger partial charge in [-0.05, 0) is 20.3 Å². The summed E-state index contributed by atoms with van der Waals surface area (Å²) in [7, 11) is 3.89. The van der Waals surface area contributed by atoms with Gasteiger partial charge in [0.1, 0.15) is 5.69 Å². The molecule has 1 N–H and O–H groups in total. The minimum atomic E-state index is 0.315. The van der Waals surface area contributed by atoms with Gasteiger partial charge in [-0.25, -0.2) is 0 Å². The zero-order chi connectivity index (χ0) is 20.5. The number of nitrogens with one attached hydrogen (secondary N) is 1. The smallest absolute Gasteiger partial charge is 0.229 e. The molecular weight excluding hydrogens is 354 g/mol. The molecule has 1 aromatic heterocycles. The van der Waals surface area contributed by atoms with Gasteiger partial charge in [-0.15, -0.1) is 5.92 Å². The number of rotatable bonds is 9. The molecule has 8 nitrogen and oxygen atoms in total. The maximum absolute atomic E-state index is 11.9. The molecule has 2 rings (SSSR count). The number of hydrogen-bond acceptors (Lipinski definition) is 7. The van der Waals surface area contributed by atoms with Crippen LogP contribution in [0.25, 0.3) is 0 Å². The Hall–Kier alpha value is -2.53. The molecule has 154 valence electrons. The standard InChI is InChI=1S/C20H33N7O/c1-6-9-13-27(16-28)17-18(24(4)5)22-20(25(8-3)12-7-2)23-19(17)26-14-10-21-11-15-26/h16,21H,7-8,10-15H2,1-5H3. The predicted molar refractivity (Wildman–Crippen MR) is 116 cm³/mol. The van der Waals surface area contributed by atoms with Crippen LogP contribution < -0.4 is 24.9 Å². The van der Waals surface area contributed by atoms with Gasteiger partial charge in [0.05, 0.1) is 6.54 Å². The molecule has 1 fully saturated rings. The summed E-state index contributed by atoms with van der Waals surface area (Å²) in [5, 5.41) is 3.38. The molecular formula is C20H33N7O. The van der Waals surface area contributed by atoms with Gasteiger partial charge in [-0.1, -0.05) is 12.8 Å². The Bertz CT molecular complexity index is 704. The van der Waals surface area contributed by atoms with E-state index in [9.17, 15) is 4.79 Å². The molecule has 0 radical (unpaired) electrons. The monoisotopic (exact) mass is 387 g/mol. The van der Waals surface area contributed by atoms with E-state index in [2.05, 4.69) is 40.8 Å². The minimum Gasteiger partial charge on any atom is -0.361 e. The van der Waals surface area contributed by atoms with Crippen LogP contribution >= 0.6 is 0 Å². The third-order valence-electron chi connectivity index (χ3n) is 4.67. The van der Waals surface area contributed by atoms with Crippen LogP contribution in [0.1, 0.15) is 27.2 Å². The van der Waals surface area contributed by atoms with Crippen LogP contribution in [0.15, 0.2) is 0 Å². The highest BCUT2D eigenvalue weighted by Gasteiger charge is 2.27. The summed E-state index contributed by atoms with van der Waals surface area (Å²) < 4.78 is 0. The minimum absolute atomic E-state index is 0.315. The Balaban J connectivity index is 2.66. The Morgan fingerprint density at radius 2 is 1.93 bits per heavy atom. The molecule has 28 heavy (non-hydrogen) atoms. The molecule has 0 aliphatic carbocycles. The molecule has 1 aromatic rings. The quantitative estimate of drug-likeness (QED) is 0.504. The van der Waals surface area contributed by atoms with Crippen LogP contribution in [0.3, 0.4) is 0 Å². The van der Waals surface area contributed by atoms with Crippen LogP contribution in [0, 0.1) is 11.8 Å². The number of hydrogen-bond donors (Lipinski definition) is 1. The fourth-order valence-corrected chi connectivity index (χ4v) is 3.23. The van der Waals surface area contributed by atoms with Crippen molar-refractivity contribution in [2.75, 3.05) is 79.5 Å². The summed E-state index contributed by atoms with van der Waals surface area (Å²) in [6, 6.07) is 0. The molecule has 2 heterocycles. The van der Waals surface area contributed by atoms with Crippen molar-refractivity contribution >= 4 is 29.7 Å². The van der Waals surface area contributed by atoms with Gasteiger partial charge in [-0.3, -0.25) is 9.69 Å². The van der Waals surface area contributed by atoms with Gasteiger partial charge in [0, 0.05) is 53.4 Å². The molecule has 8 heteroatoms. The number of anilines is 4. The van der Waals surface area contributed by atoms with E-state index in [4.69, 9.17) is 9.97 Å². The Kier molecular flexibility index (Phi) is 8.33. The zero-order valence-corrected chi connectivity index (χ0v) is 17.8. The average molecular weight is 388 g/mol. The first-order valence-corrected chi connectivity index (χ1v) is 9.98. The van der Waals surface area contributed by atoms with E-state index >= 15 is 0 Å². The van der Waals surface area contributed by atoms with Crippen molar-refractivity contribution in [3.05, 3.63) is 0 Å². The van der Waals surface area contributed by atoms with Crippen molar-refractivity contribution in [2.24, 2.45) is 0 Å². The lowest BCUT2D eigenvalue weighted by Crippen LogP contribution is -2.45. The molecule has 1 saturated heterocycles. The van der Waals surface area contributed by atoms with Gasteiger partial charge >= 0.3 is 0 Å². The Morgan fingerprint density at radius 1 is 1.21 bits per heavy atom. The van der Waals surface area contributed by atoms with E-state index in [-0.39, 0.29) is 0 Å². The van der Waals surface area contributed by atoms with Crippen LogP contribution in [-0.4, -0.2) is 76.3 Å². The third-order valence-corrected chi connectivity index (χ3v) is 4.67. The van der Waals surface area contributed by atoms with Crippen molar-refractivity contribution in [3.63, 3.8) is 0 Å². The summed E-state index contributed by atoms with van der Waals surface area (Å²) in [4.78, 5) is 29.7. The fourth-order valence-electron chi connectivity index (χ4n) is 3.23. The Morgan fingerprint density at radius 3 is 2.46 bits per heavy atom. The second-order valence-corrected chi connectivity index (χ2v) is 6.89. The maximum atomic E-state index is 11.9. The maximum Gasteiger partial charge on any atom is 0.229 e. The first-order valence-electron chi connectivity index (χ1n) is 9.98. The number of piperazine rings is 1. The lowest BCUT2D eigenvalue weighted by Gasteiger charge is -2.34. The molecule has 1 aliphatic heterocycles. The van der Waals surface area contributed by atoms with E-state index in [1.165, 1.54) is 0 Å². The van der Waals surface area contributed by atoms with Crippen LogP contribution in [0.5, 0.6) is 0 Å². The molecule has 0 unspecified atom stereocenters. The van der Waals surface area contributed by atoms with Gasteiger partial charge in [0.25, 0.3) is 0 Å². The number of carbonyl (C=O) groups is 1. The molecule has 0 aromatic carbocycles. The summed E-state index contributed by atoms with van der Waals surface area (Å²) >= 11 is 0.